The Kier molecular flexibility index (Phi) is 4.97. The van der Waals surface area contributed by atoms with Gasteiger partial charge in [-0.25, -0.2) is 8.42 Å². The summed E-state index contributed by atoms with van der Waals surface area (Å²) in [5.41, 5.74) is 2.57. The lowest BCUT2D eigenvalue weighted by atomic mass is 10.0. The van der Waals surface area contributed by atoms with E-state index in [1.807, 2.05) is 19.1 Å². The van der Waals surface area contributed by atoms with E-state index in [4.69, 9.17) is 0 Å². The van der Waals surface area contributed by atoms with E-state index in [1.54, 1.807) is 4.90 Å². The fraction of sp³-hybridized carbons (Fsp3) is 0.611. The molecule has 0 unspecified atom stereocenters. The van der Waals surface area contributed by atoms with E-state index in [0.29, 0.717) is 13.0 Å². The maximum absolute atomic E-state index is 12.2. The van der Waals surface area contributed by atoms with Crippen molar-refractivity contribution in [2.45, 2.75) is 45.3 Å². The van der Waals surface area contributed by atoms with E-state index in [2.05, 4.69) is 24.0 Å². The summed E-state index contributed by atoms with van der Waals surface area (Å²) >= 11 is 0. The van der Waals surface area contributed by atoms with Gasteiger partial charge >= 0.3 is 0 Å². The van der Waals surface area contributed by atoms with Gasteiger partial charge in [-0.15, -0.1) is 0 Å². The molecule has 132 valence electrons. The Bertz CT molecular complexity index is 717. The number of hydrogen-bond acceptors (Lipinski definition) is 4. The van der Waals surface area contributed by atoms with Gasteiger partial charge in [-0.1, -0.05) is 38.1 Å². The summed E-state index contributed by atoms with van der Waals surface area (Å²) < 4.78 is 24.4. The zero-order valence-electron chi connectivity index (χ0n) is 14.4. The zero-order chi connectivity index (χ0) is 17.3. The van der Waals surface area contributed by atoms with Crippen LogP contribution in [0.25, 0.3) is 0 Å². The molecule has 3 rings (SSSR count). The van der Waals surface area contributed by atoms with Crippen molar-refractivity contribution < 1.29 is 13.2 Å². The van der Waals surface area contributed by atoms with Gasteiger partial charge in [0.15, 0.2) is 9.84 Å². The van der Waals surface area contributed by atoms with E-state index in [-0.39, 0.29) is 29.5 Å². The highest BCUT2D eigenvalue weighted by Gasteiger charge is 2.47. The number of hydrogen-bond donors (Lipinski definition) is 0. The summed E-state index contributed by atoms with van der Waals surface area (Å²) in [5.74, 6) is 0.338. The fourth-order valence-electron chi connectivity index (χ4n) is 4.01. The molecule has 1 aromatic rings. The van der Waals surface area contributed by atoms with Crippen molar-refractivity contribution in [2.75, 3.05) is 24.6 Å². The third-order valence-electron chi connectivity index (χ3n) is 5.29. The van der Waals surface area contributed by atoms with Crippen molar-refractivity contribution in [1.29, 1.82) is 0 Å². The number of amides is 1. The van der Waals surface area contributed by atoms with Crippen molar-refractivity contribution in [1.82, 2.24) is 9.80 Å². The number of benzene rings is 1. The molecule has 0 bridgehead atoms. The van der Waals surface area contributed by atoms with Gasteiger partial charge in [0.2, 0.25) is 5.91 Å². The minimum Gasteiger partial charge on any atom is -0.336 e. The average Bonchev–Trinajstić information content (AvgIpc) is 2.90. The molecule has 0 saturated carbocycles. The molecule has 6 heteroatoms. The van der Waals surface area contributed by atoms with Gasteiger partial charge in [0, 0.05) is 32.1 Å². The average molecular weight is 350 g/mol. The molecule has 2 atom stereocenters. The van der Waals surface area contributed by atoms with Gasteiger partial charge in [0.05, 0.1) is 17.5 Å². The van der Waals surface area contributed by atoms with Gasteiger partial charge < -0.3 is 4.90 Å². The lowest BCUT2D eigenvalue weighted by molar-refractivity contribution is -0.136. The first kappa shape index (κ1) is 17.4. The highest BCUT2D eigenvalue weighted by Crippen LogP contribution is 2.29. The van der Waals surface area contributed by atoms with Gasteiger partial charge in [-0.05, 0) is 17.5 Å². The number of sulfone groups is 1. The first-order chi connectivity index (χ1) is 11.4. The summed E-state index contributed by atoms with van der Waals surface area (Å²) in [4.78, 5) is 16.3. The maximum Gasteiger partial charge on any atom is 0.222 e. The van der Waals surface area contributed by atoms with E-state index < -0.39 is 9.84 Å². The van der Waals surface area contributed by atoms with Crippen molar-refractivity contribution in [3.8, 4) is 0 Å². The second-order valence-corrected chi connectivity index (χ2v) is 8.90. The Hall–Kier alpha value is -1.40. The number of nitrogens with zero attached hydrogens (tertiary/aromatic N) is 2. The van der Waals surface area contributed by atoms with Gasteiger partial charge in [-0.3, -0.25) is 9.69 Å². The van der Waals surface area contributed by atoms with E-state index in [1.165, 1.54) is 11.1 Å². The Balaban J connectivity index is 1.84. The first-order valence-electron chi connectivity index (χ1n) is 8.76. The topological polar surface area (TPSA) is 57.7 Å². The molecular weight excluding hydrogens is 324 g/mol. The second-order valence-electron chi connectivity index (χ2n) is 6.75. The zero-order valence-corrected chi connectivity index (χ0v) is 15.3. The summed E-state index contributed by atoms with van der Waals surface area (Å²) in [6.07, 6.45) is 1.40. The van der Waals surface area contributed by atoms with Crippen LogP contribution in [0.15, 0.2) is 24.3 Å². The van der Waals surface area contributed by atoms with Crippen molar-refractivity contribution >= 4 is 15.7 Å². The quantitative estimate of drug-likeness (QED) is 0.825. The molecule has 0 aromatic heterocycles. The van der Waals surface area contributed by atoms with Crippen LogP contribution >= 0.6 is 0 Å². The molecule has 2 heterocycles. The molecular formula is C18H26N2O3S. The summed E-state index contributed by atoms with van der Waals surface area (Å²) in [6, 6.07) is 8.07. The smallest absolute Gasteiger partial charge is 0.222 e. The number of piperazine rings is 1. The molecule has 2 saturated heterocycles. The molecule has 0 aliphatic carbocycles. The van der Waals surface area contributed by atoms with Crippen LogP contribution in [-0.4, -0.2) is 60.8 Å². The summed E-state index contributed by atoms with van der Waals surface area (Å²) in [5, 5.41) is 0. The molecule has 1 amide bonds. The van der Waals surface area contributed by atoms with Crippen LogP contribution in [0.5, 0.6) is 0 Å². The van der Waals surface area contributed by atoms with Crippen LogP contribution < -0.4 is 0 Å². The monoisotopic (exact) mass is 350 g/mol. The molecule has 2 aliphatic heterocycles. The van der Waals surface area contributed by atoms with Crippen LogP contribution in [0.1, 0.15) is 31.4 Å². The molecule has 2 fully saturated rings. The van der Waals surface area contributed by atoms with Crippen LogP contribution in [0.2, 0.25) is 0 Å². The molecule has 2 aliphatic rings. The second kappa shape index (κ2) is 6.84. The molecule has 0 N–H and O–H groups in total. The summed E-state index contributed by atoms with van der Waals surface area (Å²) in [6.45, 7) is 6.09. The summed E-state index contributed by atoms with van der Waals surface area (Å²) in [7, 11) is -3.08. The van der Waals surface area contributed by atoms with Crippen LogP contribution in [-0.2, 0) is 27.6 Å². The highest BCUT2D eigenvalue weighted by molar-refractivity contribution is 7.91. The largest absolute Gasteiger partial charge is 0.336 e. The minimum absolute atomic E-state index is 0.0655. The SMILES string of the molecule is CCC(=O)N1CCN(Cc2ccccc2CC)[C@H]2CS(=O)(=O)C[C@H]21. The van der Waals surface area contributed by atoms with Gasteiger partial charge in [-0.2, -0.15) is 0 Å². The van der Waals surface area contributed by atoms with Crippen LogP contribution in [0.4, 0.5) is 0 Å². The molecule has 0 spiro atoms. The van der Waals surface area contributed by atoms with E-state index in [9.17, 15) is 13.2 Å². The standard InChI is InChI=1S/C18H26N2O3S/c1-3-14-7-5-6-8-15(14)11-19-9-10-20(18(21)4-2)17-13-24(22,23)12-16(17)19/h5-8,16-17H,3-4,9-13H2,1-2H3/t16-,17+/m0/s1. The third-order valence-corrected chi connectivity index (χ3v) is 6.99. The molecule has 0 radical (unpaired) electrons. The fourth-order valence-corrected chi connectivity index (χ4v) is 6.02. The van der Waals surface area contributed by atoms with Gasteiger partial charge in [0.25, 0.3) is 0 Å². The number of rotatable bonds is 4. The van der Waals surface area contributed by atoms with Crippen LogP contribution in [0, 0.1) is 0 Å². The van der Waals surface area contributed by atoms with Crippen molar-refractivity contribution in [3.63, 3.8) is 0 Å². The van der Waals surface area contributed by atoms with E-state index >= 15 is 0 Å². The van der Waals surface area contributed by atoms with Gasteiger partial charge in [0.1, 0.15) is 0 Å². The molecule has 5 nitrogen and oxygen atoms in total. The number of carbonyl (C=O) groups is 1. The third kappa shape index (κ3) is 3.35. The Labute approximate surface area is 144 Å². The number of fused-ring (bicyclic) bond motifs is 1. The number of carbonyl (C=O) groups excluding carboxylic acids is 1. The Morgan fingerprint density at radius 1 is 1.08 bits per heavy atom. The predicted molar refractivity (Wildman–Crippen MR) is 94.5 cm³/mol. The van der Waals surface area contributed by atoms with Crippen molar-refractivity contribution in [3.05, 3.63) is 35.4 Å². The highest BCUT2D eigenvalue weighted by atomic mass is 32.2. The normalized spacial score (nSPS) is 26.3. The maximum atomic E-state index is 12.2. The molecule has 1 aromatic carbocycles. The van der Waals surface area contributed by atoms with Crippen LogP contribution in [0.3, 0.4) is 0 Å². The van der Waals surface area contributed by atoms with E-state index in [0.717, 1.165) is 19.5 Å². The number of aryl methyl sites for hydroxylation is 1. The predicted octanol–water partition coefficient (Wildman–Crippen LogP) is 1.47. The Morgan fingerprint density at radius 3 is 2.42 bits per heavy atom. The van der Waals surface area contributed by atoms with Crippen molar-refractivity contribution in [2.24, 2.45) is 0 Å². The minimum atomic E-state index is -3.08. The lowest BCUT2D eigenvalue weighted by Gasteiger charge is -2.44. The Morgan fingerprint density at radius 2 is 1.75 bits per heavy atom. The first-order valence-corrected chi connectivity index (χ1v) is 10.6. The molecule has 24 heavy (non-hydrogen) atoms. The lowest BCUT2D eigenvalue weighted by Crippen LogP contribution is -2.60.